The summed E-state index contributed by atoms with van der Waals surface area (Å²) in [6.07, 6.45) is 6.56. The number of nitrogens with one attached hydrogen (secondary N) is 2. The molecule has 1 amide bonds. The van der Waals surface area contributed by atoms with Gasteiger partial charge >= 0.3 is 11.8 Å². The lowest BCUT2D eigenvalue weighted by molar-refractivity contribution is 0.0890. The predicted molar refractivity (Wildman–Crippen MR) is 152 cm³/mol. The van der Waals surface area contributed by atoms with Gasteiger partial charge in [-0.05, 0) is 54.5 Å². The van der Waals surface area contributed by atoms with Crippen LogP contribution >= 0.6 is 0 Å². The summed E-state index contributed by atoms with van der Waals surface area (Å²) >= 11 is 0. The molecule has 1 aliphatic carbocycles. The SMILES string of the molecule is CCc1cc(-c2nc3nccc(-c4ccc5c(c4)CCCCC5NC(=O)c4nc(C(C)(C)C)no4)c3[nH]2)nn1C. The maximum atomic E-state index is 13.0. The van der Waals surface area contributed by atoms with E-state index < -0.39 is 0 Å². The molecular formula is C30H34N8O2. The molecule has 10 heteroatoms. The molecular weight excluding hydrogens is 504 g/mol. The maximum absolute atomic E-state index is 13.0. The molecule has 0 aliphatic heterocycles. The summed E-state index contributed by atoms with van der Waals surface area (Å²) in [4.78, 5) is 30.1. The Morgan fingerprint density at radius 3 is 2.77 bits per heavy atom. The molecule has 4 heterocycles. The summed E-state index contributed by atoms with van der Waals surface area (Å²) in [6.45, 7) is 8.07. The molecule has 40 heavy (non-hydrogen) atoms. The normalized spacial score (nSPS) is 15.7. The summed E-state index contributed by atoms with van der Waals surface area (Å²) < 4.78 is 7.17. The van der Waals surface area contributed by atoms with Crippen molar-refractivity contribution >= 4 is 17.1 Å². The maximum Gasteiger partial charge on any atom is 0.315 e. The number of carbonyl (C=O) groups is 1. The van der Waals surface area contributed by atoms with Crippen molar-refractivity contribution < 1.29 is 9.32 Å². The molecule has 1 unspecified atom stereocenters. The van der Waals surface area contributed by atoms with E-state index in [4.69, 9.17) is 9.51 Å². The second kappa shape index (κ2) is 10.0. The minimum atomic E-state index is -0.341. The van der Waals surface area contributed by atoms with Gasteiger partial charge in [-0.3, -0.25) is 9.48 Å². The van der Waals surface area contributed by atoms with Gasteiger partial charge < -0.3 is 14.8 Å². The van der Waals surface area contributed by atoms with Crippen LogP contribution in [0.15, 0.2) is 41.1 Å². The third-order valence-electron chi connectivity index (χ3n) is 7.59. The Morgan fingerprint density at radius 1 is 1.18 bits per heavy atom. The Balaban J connectivity index is 1.31. The lowest BCUT2D eigenvalue weighted by Crippen LogP contribution is -2.29. The second-order valence-electron chi connectivity index (χ2n) is 11.5. The van der Waals surface area contributed by atoms with Gasteiger partial charge in [0.05, 0.1) is 11.6 Å². The number of H-pyrrole nitrogens is 1. The van der Waals surface area contributed by atoms with Crippen LogP contribution in [-0.4, -0.2) is 40.8 Å². The molecule has 2 N–H and O–H groups in total. The zero-order chi connectivity index (χ0) is 28.0. The van der Waals surface area contributed by atoms with Gasteiger partial charge in [0, 0.05) is 29.9 Å². The van der Waals surface area contributed by atoms with Crippen molar-refractivity contribution in [3.63, 3.8) is 0 Å². The van der Waals surface area contributed by atoms with E-state index in [1.54, 1.807) is 6.20 Å². The highest BCUT2D eigenvalue weighted by atomic mass is 16.5. The number of pyridine rings is 1. The average Bonchev–Trinajstić information content (AvgIpc) is 3.65. The van der Waals surface area contributed by atoms with E-state index in [1.165, 1.54) is 5.56 Å². The Labute approximate surface area is 232 Å². The van der Waals surface area contributed by atoms with E-state index >= 15 is 0 Å². The fourth-order valence-corrected chi connectivity index (χ4v) is 5.36. The number of nitrogens with zero attached hydrogens (tertiary/aromatic N) is 6. The van der Waals surface area contributed by atoms with Gasteiger partial charge in [-0.25, -0.2) is 9.97 Å². The van der Waals surface area contributed by atoms with Crippen LogP contribution in [0.4, 0.5) is 0 Å². The van der Waals surface area contributed by atoms with Crippen molar-refractivity contribution in [1.29, 1.82) is 0 Å². The number of hydrogen-bond donors (Lipinski definition) is 2. The van der Waals surface area contributed by atoms with Crippen LogP contribution in [-0.2, 0) is 25.3 Å². The number of fused-ring (bicyclic) bond motifs is 2. The van der Waals surface area contributed by atoms with Crippen molar-refractivity contribution in [2.24, 2.45) is 7.05 Å². The van der Waals surface area contributed by atoms with E-state index in [0.29, 0.717) is 17.3 Å². The van der Waals surface area contributed by atoms with Crippen molar-refractivity contribution in [2.45, 2.75) is 71.3 Å². The molecule has 5 aromatic rings. The van der Waals surface area contributed by atoms with Gasteiger partial charge in [-0.15, -0.1) is 0 Å². The molecule has 0 spiro atoms. The van der Waals surface area contributed by atoms with Crippen molar-refractivity contribution in [3.05, 3.63) is 65.1 Å². The Bertz CT molecular complexity index is 1700. The fourth-order valence-electron chi connectivity index (χ4n) is 5.36. The van der Waals surface area contributed by atoms with Crippen molar-refractivity contribution in [2.75, 3.05) is 0 Å². The molecule has 0 fully saturated rings. The Kier molecular flexibility index (Phi) is 6.48. The van der Waals surface area contributed by atoms with Crippen LogP contribution in [0.5, 0.6) is 0 Å². The van der Waals surface area contributed by atoms with E-state index in [0.717, 1.165) is 65.7 Å². The van der Waals surface area contributed by atoms with Crippen LogP contribution in [0.3, 0.4) is 0 Å². The molecule has 0 saturated heterocycles. The monoisotopic (exact) mass is 538 g/mol. The van der Waals surface area contributed by atoms with Gasteiger partial charge in [-0.2, -0.15) is 10.1 Å². The van der Waals surface area contributed by atoms with Crippen LogP contribution < -0.4 is 5.32 Å². The predicted octanol–water partition coefficient (Wildman–Crippen LogP) is 5.47. The first kappa shape index (κ1) is 25.9. The highest BCUT2D eigenvalue weighted by Gasteiger charge is 2.27. The smallest absolute Gasteiger partial charge is 0.315 e. The van der Waals surface area contributed by atoms with Gasteiger partial charge in [0.25, 0.3) is 0 Å². The van der Waals surface area contributed by atoms with Crippen LogP contribution in [0.2, 0.25) is 0 Å². The first-order chi connectivity index (χ1) is 19.2. The topological polar surface area (TPSA) is 127 Å². The number of imidazole rings is 1. The lowest BCUT2D eigenvalue weighted by atomic mass is 9.94. The number of rotatable bonds is 5. The van der Waals surface area contributed by atoms with Crippen LogP contribution in [0, 0.1) is 0 Å². The first-order valence-electron chi connectivity index (χ1n) is 13.9. The van der Waals surface area contributed by atoms with Gasteiger partial charge in [0.2, 0.25) is 0 Å². The molecule has 1 aliphatic rings. The number of hydrogen-bond acceptors (Lipinski definition) is 7. The molecule has 0 bridgehead atoms. The minimum absolute atomic E-state index is 0.000493. The molecule has 10 nitrogen and oxygen atoms in total. The fraction of sp³-hybridized carbons (Fsp3) is 0.400. The van der Waals surface area contributed by atoms with E-state index in [-0.39, 0.29) is 23.3 Å². The molecule has 206 valence electrons. The summed E-state index contributed by atoms with van der Waals surface area (Å²) in [5.41, 5.74) is 7.65. The molecule has 1 atom stereocenters. The standard InChI is InChI=1S/C30H34N8O2/c1-6-19-16-23(36-38(19)5)25-33-24-21(13-14-31-26(24)34-25)18-11-12-20-17(15-18)9-7-8-10-22(20)32-27(39)28-35-29(37-40-28)30(2,3)4/h11-16,22H,6-10H2,1-5H3,(H,32,39)(H,31,33,34). The number of carbonyl (C=O) groups excluding carboxylic acids is 1. The number of amides is 1. The van der Waals surface area contributed by atoms with Crippen LogP contribution in [0.1, 0.15) is 86.3 Å². The highest BCUT2D eigenvalue weighted by molar-refractivity contribution is 5.92. The van der Waals surface area contributed by atoms with E-state index in [9.17, 15) is 4.79 Å². The van der Waals surface area contributed by atoms with Gasteiger partial charge in [0.15, 0.2) is 17.3 Å². The lowest BCUT2D eigenvalue weighted by Gasteiger charge is -2.19. The number of aryl methyl sites for hydroxylation is 3. The summed E-state index contributed by atoms with van der Waals surface area (Å²) in [7, 11) is 1.95. The largest absolute Gasteiger partial charge is 0.341 e. The Hall–Kier alpha value is -4.34. The number of aromatic nitrogens is 7. The van der Waals surface area contributed by atoms with Crippen LogP contribution in [0.25, 0.3) is 33.8 Å². The van der Waals surface area contributed by atoms with E-state index in [1.807, 2.05) is 38.6 Å². The van der Waals surface area contributed by atoms with Gasteiger partial charge in [0.1, 0.15) is 5.69 Å². The first-order valence-corrected chi connectivity index (χ1v) is 13.9. The van der Waals surface area contributed by atoms with E-state index in [2.05, 4.69) is 61.7 Å². The molecule has 0 saturated carbocycles. The molecule has 4 aromatic heterocycles. The molecule has 0 radical (unpaired) electrons. The number of aromatic amines is 1. The summed E-state index contributed by atoms with van der Waals surface area (Å²) in [5, 5.41) is 11.8. The zero-order valence-corrected chi connectivity index (χ0v) is 23.6. The zero-order valence-electron chi connectivity index (χ0n) is 23.6. The molecule has 6 rings (SSSR count). The van der Waals surface area contributed by atoms with Crippen molar-refractivity contribution in [1.82, 2.24) is 40.2 Å². The third kappa shape index (κ3) is 4.78. The summed E-state index contributed by atoms with van der Waals surface area (Å²) in [5.74, 6) is 0.883. The van der Waals surface area contributed by atoms with Gasteiger partial charge in [-0.1, -0.05) is 57.5 Å². The van der Waals surface area contributed by atoms with Crippen molar-refractivity contribution in [3.8, 4) is 22.6 Å². The minimum Gasteiger partial charge on any atom is -0.341 e. The third-order valence-corrected chi connectivity index (χ3v) is 7.59. The second-order valence-corrected chi connectivity index (χ2v) is 11.5. The quantitative estimate of drug-likeness (QED) is 0.284. The Morgan fingerprint density at radius 2 is 2.02 bits per heavy atom. The summed E-state index contributed by atoms with van der Waals surface area (Å²) in [6, 6.07) is 10.4. The average molecular weight is 539 g/mol. The number of benzene rings is 1. The molecule has 1 aromatic carbocycles. The highest BCUT2D eigenvalue weighted by Crippen LogP contribution is 2.35.